The number of benzene rings is 1. The molecule has 0 N–H and O–H groups in total. The molecule has 0 atom stereocenters. The lowest BCUT2D eigenvalue weighted by Crippen LogP contribution is -2.34. The lowest BCUT2D eigenvalue weighted by molar-refractivity contribution is -0.128. The minimum absolute atomic E-state index is 0.0699. The van der Waals surface area contributed by atoms with Gasteiger partial charge < -0.3 is 4.90 Å². The smallest absolute Gasteiger partial charge is 0.262 e. The predicted octanol–water partition coefficient (Wildman–Crippen LogP) is 3.45. The Balaban J connectivity index is 2.30. The standard InChI is InChI=1S/C20H22ClN5O2S/c1-14(2)12-26-19(28)16-11-15(21)5-6-17(16)24-20(26)29-13-18(27)25(9-3-7-22)10-4-8-23/h5-6,11,14H,3-4,9-10,12-13H2,1-2H3. The van der Waals surface area contributed by atoms with Crippen molar-refractivity contribution < 1.29 is 4.79 Å². The zero-order valence-electron chi connectivity index (χ0n) is 16.4. The Morgan fingerprint density at radius 2 is 1.93 bits per heavy atom. The van der Waals surface area contributed by atoms with Gasteiger partial charge in [0.1, 0.15) is 0 Å². The fourth-order valence-electron chi connectivity index (χ4n) is 2.76. The van der Waals surface area contributed by atoms with E-state index in [-0.39, 0.29) is 49.1 Å². The van der Waals surface area contributed by atoms with Gasteiger partial charge in [-0.2, -0.15) is 10.5 Å². The highest BCUT2D eigenvalue weighted by Gasteiger charge is 2.17. The molecule has 0 saturated carbocycles. The van der Waals surface area contributed by atoms with Gasteiger partial charge >= 0.3 is 0 Å². The summed E-state index contributed by atoms with van der Waals surface area (Å²) in [6, 6.07) is 9.00. The van der Waals surface area contributed by atoms with Crippen LogP contribution in [0.1, 0.15) is 26.7 Å². The van der Waals surface area contributed by atoms with Gasteiger partial charge in [-0.15, -0.1) is 0 Å². The quantitative estimate of drug-likeness (QED) is 0.445. The Hall–Kier alpha value is -2.55. The van der Waals surface area contributed by atoms with Crippen molar-refractivity contribution in [1.29, 1.82) is 10.5 Å². The summed E-state index contributed by atoms with van der Waals surface area (Å²) in [5.74, 6) is 0.0894. The first-order chi connectivity index (χ1) is 13.9. The molecule has 29 heavy (non-hydrogen) atoms. The fourth-order valence-corrected chi connectivity index (χ4v) is 3.84. The van der Waals surface area contributed by atoms with Crippen LogP contribution in [0.2, 0.25) is 5.02 Å². The van der Waals surface area contributed by atoms with Crippen LogP contribution in [-0.4, -0.2) is 39.2 Å². The molecule has 2 rings (SSSR count). The first-order valence-corrected chi connectivity index (χ1v) is 10.6. The predicted molar refractivity (Wildman–Crippen MR) is 114 cm³/mol. The van der Waals surface area contributed by atoms with Crippen molar-refractivity contribution in [2.24, 2.45) is 5.92 Å². The largest absolute Gasteiger partial charge is 0.340 e. The molecule has 0 bridgehead atoms. The second kappa shape index (κ2) is 10.8. The van der Waals surface area contributed by atoms with Crippen LogP contribution in [0.4, 0.5) is 0 Å². The van der Waals surface area contributed by atoms with Crippen molar-refractivity contribution in [1.82, 2.24) is 14.5 Å². The molecule has 0 aliphatic rings. The molecule has 2 aromatic rings. The minimum atomic E-state index is -0.193. The summed E-state index contributed by atoms with van der Waals surface area (Å²) in [6.45, 7) is 5.02. The number of halogens is 1. The first-order valence-electron chi connectivity index (χ1n) is 9.22. The van der Waals surface area contributed by atoms with Crippen molar-refractivity contribution in [3.05, 3.63) is 33.6 Å². The number of fused-ring (bicyclic) bond motifs is 1. The maximum atomic E-state index is 13.0. The summed E-state index contributed by atoms with van der Waals surface area (Å²) >= 11 is 7.22. The molecule has 0 saturated heterocycles. The Labute approximate surface area is 178 Å². The molecule has 1 amide bonds. The number of thioether (sulfide) groups is 1. The topological polar surface area (TPSA) is 103 Å². The third-order valence-electron chi connectivity index (χ3n) is 4.09. The van der Waals surface area contributed by atoms with Crippen LogP contribution in [0.25, 0.3) is 10.9 Å². The number of carbonyl (C=O) groups is 1. The van der Waals surface area contributed by atoms with Gasteiger partial charge in [0.2, 0.25) is 5.91 Å². The summed E-state index contributed by atoms with van der Waals surface area (Å²) in [7, 11) is 0. The molecule has 1 aromatic carbocycles. The number of hydrogen-bond acceptors (Lipinski definition) is 6. The van der Waals surface area contributed by atoms with E-state index < -0.39 is 0 Å². The summed E-state index contributed by atoms with van der Waals surface area (Å²) in [4.78, 5) is 31.7. The number of hydrogen-bond donors (Lipinski definition) is 0. The van der Waals surface area contributed by atoms with E-state index in [0.717, 1.165) is 0 Å². The van der Waals surface area contributed by atoms with E-state index in [1.54, 1.807) is 22.8 Å². The highest BCUT2D eigenvalue weighted by Crippen LogP contribution is 2.21. The molecule has 0 spiro atoms. The van der Waals surface area contributed by atoms with Crippen LogP contribution in [0.3, 0.4) is 0 Å². The van der Waals surface area contributed by atoms with E-state index >= 15 is 0 Å². The van der Waals surface area contributed by atoms with Gasteiger partial charge in [-0.05, 0) is 24.1 Å². The Morgan fingerprint density at radius 3 is 2.52 bits per heavy atom. The second-order valence-corrected chi connectivity index (χ2v) is 8.23. The van der Waals surface area contributed by atoms with Gasteiger partial charge in [0.05, 0.1) is 41.6 Å². The molecule has 0 aliphatic carbocycles. The highest BCUT2D eigenvalue weighted by atomic mass is 35.5. The molecule has 0 radical (unpaired) electrons. The van der Waals surface area contributed by atoms with Gasteiger partial charge in [-0.25, -0.2) is 4.98 Å². The van der Waals surface area contributed by atoms with Gasteiger partial charge in [0.15, 0.2) is 5.16 Å². The number of carbonyl (C=O) groups excluding carboxylic acids is 1. The number of amides is 1. The van der Waals surface area contributed by atoms with Crippen LogP contribution in [0, 0.1) is 28.6 Å². The highest BCUT2D eigenvalue weighted by molar-refractivity contribution is 7.99. The number of nitrogens with zero attached hydrogens (tertiary/aromatic N) is 5. The summed E-state index contributed by atoms with van der Waals surface area (Å²) in [5, 5.41) is 18.9. The summed E-state index contributed by atoms with van der Waals surface area (Å²) in [5.41, 5.74) is 0.340. The van der Waals surface area contributed by atoms with Crippen molar-refractivity contribution in [2.45, 2.75) is 38.4 Å². The minimum Gasteiger partial charge on any atom is -0.340 e. The molecule has 1 heterocycles. The van der Waals surface area contributed by atoms with E-state index in [9.17, 15) is 9.59 Å². The van der Waals surface area contributed by atoms with Crippen molar-refractivity contribution in [2.75, 3.05) is 18.8 Å². The van der Waals surface area contributed by atoms with Gasteiger partial charge in [0, 0.05) is 24.7 Å². The summed E-state index contributed by atoms with van der Waals surface area (Å²) < 4.78 is 1.58. The first kappa shape index (κ1) is 22.7. The molecule has 152 valence electrons. The third kappa shape index (κ3) is 6.22. The fraction of sp³-hybridized carbons (Fsp3) is 0.450. The monoisotopic (exact) mass is 431 g/mol. The number of nitriles is 2. The van der Waals surface area contributed by atoms with E-state index in [1.165, 1.54) is 16.7 Å². The molecule has 9 heteroatoms. The lowest BCUT2D eigenvalue weighted by Gasteiger charge is -2.20. The third-order valence-corrected chi connectivity index (χ3v) is 5.29. The van der Waals surface area contributed by atoms with Crippen LogP contribution in [-0.2, 0) is 11.3 Å². The average molecular weight is 432 g/mol. The van der Waals surface area contributed by atoms with Crippen molar-refractivity contribution >= 4 is 40.2 Å². The molecular formula is C20H22ClN5O2S. The second-order valence-electron chi connectivity index (χ2n) is 6.85. The van der Waals surface area contributed by atoms with E-state index in [1.807, 2.05) is 26.0 Å². The molecule has 0 aliphatic heterocycles. The van der Waals surface area contributed by atoms with E-state index in [2.05, 4.69) is 4.98 Å². The normalized spacial score (nSPS) is 10.7. The molecule has 0 fully saturated rings. The van der Waals surface area contributed by atoms with Gasteiger partial charge in [-0.3, -0.25) is 14.2 Å². The zero-order valence-corrected chi connectivity index (χ0v) is 18.0. The Morgan fingerprint density at radius 1 is 1.28 bits per heavy atom. The van der Waals surface area contributed by atoms with E-state index in [0.29, 0.717) is 27.6 Å². The average Bonchev–Trinajstić information content (AvgIpc) is 2.69. The zero-order chi connectivity index (χ0) is 21.4. The van der Waals surface area contributed by atoms with Gasteiger partial charge in [0.25, 0.3) is 5.56 Å². The molecular weight excluding hydrogens is 410 g/mol. The van der Waals surface area contributed by atoms with Gasteiger partial charge in [-0.1, -0.05) is 37.2 Å². The van der Waals surface area contributed by atoms with Crippen LogP contribution in [0.5, 0.6) is 0 Å². The van der Waals surface area contributed by atoms with Crippen molar-refractivity contribution in [3.8, 4) is 12.1 Å². The van der Waals surface area contributed by atoms with E-state index in [4.69, 9.17) is 22.1 Å². The molecule has 7 nitrogen and oxygen atoms in total. The maximum absolute atomic E-state index is 13.0. The van der Waals surface area contributed by atoms with Crippen molar-refractivity contribution in [3.63, 3.8) is 0 Å². The van der Waals surface area contributed by atoms with Crippen LogP contribution < -0.4 is 5.56 Å². The summed E-state index contributed by atoms with van der Waals surface area (Å²) in [6.07, 6.45) is 0.407. The Bertz CT molecular complexity index is 1000. The molecule has 1 aromatic heterocycles. The SMILES string of the molecule is CC(C)Cn1c(SCC(=O)N(CCC#N)CCC#N)nc2ccc(Cl)cc2c1=O. The van der Waals surface area contributed by atoms with Crippen LogP contribution in [0.15, 0.2) is 28.2 Å². The van der Waals surface area contributed by atoms with Crippen LogP contribution >= 0.6 is 23.4 Å². The lowest BCUT2D eigenvalue weighted by atomic mass is 10.2. The molecule has 0 unspecified atom stereocenters. The Kier molecular flexibility index (Phi) is 8.50. The maximum Gasteiger partial charge on any atom is 0.262 e. The number of rotatable bonds is 9. The number of aromatic nitrogens is 2.